The maximum absolute atomic E-state index is 5.95. The Kier molecular flexibility index (Phi) is 4.19. The molecule has 0 bridgehead atoms. The lowest BCUT2D eigenvalue weighted by molar-refractivity contribution is 0.398. The van der Waals surface area contributed by atoms with Crippen LogP contribution < -0.4 is 10.5 Å². The second-order valence-electron chi connectivity index (χ2n) is 6.25. The highest BCUT2D eigenvalue weighted by molar-refractivity contribution is 5.61. The van der Waals surface area contributed by atoms with Gasteiger partial charge in [0.2, 0.25) is 11.7 Å². The summed E-state index contributed by atoms with van der Waals surface area (Å²) in [6.45, 7) is 0.669. The lowest BCUT2D eigenvalue weighted by Gasteiger charge is -2.24. The van der Waals surface area contributed by atoms with Crippen LogP contribution in [0.1, 0.15) is 29.9 Å². The van der Waals surface area contributed by atoms with E-state index in [0.717, 1.165) is 24.0 Å². The summed E-state index contributed by atoms with van der Waals surface area (Å²) in [6, 6.07) is 9.96. The predicted octanol–water partition coefficient (Wildman–Crippen LogP) is 3.19. The molecule has 0 spiro atoms. The maximum Gasteiger partial charge on any atom is 0.258 e. The molecule has 6 heteroatoms. The quantitative estimate of drug-likeness (QED) is 0.787. The Morgan fingerprint density at radius 1 is 1.24 bits per heavy atom. The molecule has 2 N–H and O–H groups in total. The third-order valence-corrected chi connectivity index (χ3v) is 4.74. The SMILES string of the molecule is COc1cc(-c2noc(-c3ccc4c(c3)C(CN)CCC4)n2)ccn1. The fourth-order valence-electron chi connectivity index (χ4n) is 3.39. The van der Waals surface area contributed by atoms with E-state index in [0.29, 0.717) is 30.1 Å². The maximum atomic E-state index is 5.95. The van der Waals surface area contributed by atoms with E-state index >= 15 is 0 Å². The van der Waals surface area contributed by atoms with Crippen LogP contribution in [-0.4, -0.2) is 28.8 Å². The molecule has 2 heterocycles. The average Bonchev–Trinajstić information content (AvgIpc) is 3.17. The van der Waals surface area contributed by atoms with Gasteiger partial charge in [-0.05, 0) is 61.1 Å². The van der Waals surface area contributed by atoms with E-state index in [2.05, 4.69) is 27.3 Å². The molecule has 3 aromatic rings. The zero-order chi connectivity index (χ0) is 17.2. The Balaban J connectivity index is 1.68. The first-order chi connectivity index (χ1) is 12.3. The smallest absolute Gasteiger partial charge is 0.258 e. The molecule has 6 nitrogen and oxygen atoms in total. The molecular weight excluding hydrogens is 316 g/mol. The first-order valence-electron chi connectivity index (χ1n) is 8.46. The number of nitrogens with two attached hydrogens (primary N) is 1. The third kappa shape index (κ3) is 3.00. The normalized spacial score (nSPS) is 16.5. The number of benzene rings is 1. The summed E-state index contributed by atoms with van der Waals surface area (Å²) < 4.78 is 10.6. The van der Waals surface area contributed by atoms with Gasteiger partial charge in [-0.2, -0.15) is 4.98 Å². The number of nitrogens with zero attached hydrogens (tertiary/aromatic N) is 3. The monoisotopic (exact) mass is 336 g/mol. The number of methoxy groups -OCH3 is 1. The van der Waals surface area contributed by atoms with Crippen molar-refractivity contribution >= 4 is 0 Å². The Hall–Kier alpha value is -2.73. The minimum absolute atomic E-state index is 0.413. The van der Waals surface area contributed by atoms with E-state index in [-0.39, 0.29) is 0 Å². The molecule has 1 aliphatic rings. The first-order valence-corrected chi connectivity index (χ1v) is 8.46. The van der Waals surface area contributed by atoms with E-state index in [1.54, 1.807) is 19.4 Å². The van der Waals surface area contributed by atoms with Gasteiger partial charge < -0.3 is 15.0 Å². The zero-order valence-corrected chi connectivity index (χ0v) is 14.1. The van der Waals surface area contributed by atoms with Crippen LogP contribution in [0.4, 0.5) is 0 Å². The van der Waals surface area contributed by atoms with Crippen LogP contribution in [0.15, 0.2) is 41.1 Å². The Morgan fingerprint density at radius 2 is 2.16 bits per heavy atom. The van der Waals surface area contributed by atoms with Gasteiger partial charge in [-0.25, -0.2) is 4.98 Å². The fourth-order valence-corrected chi connectivity index (χ4v) is 3.39. The largest absolute Gasteiger partial charge is 0.481 e. The standard InChI is InChI=1S/C19H20N4O2/c1-24-17-10-13(7-8-21-17)18-22-19(25-23-18)14-6-5-12-3-2-4-15(11-20)16(12)9-14/h5-10,15H,2-4,11,20H2,1H3. The minimum Gasteiger partial charge on any atom is -0.481 e. The number of pyridine rings is 1. The van der Waals surface area contributed by atoms with Gasteiger partial charge in [-0.15, -0.1) is 0 Å². The molecule has 0 saturated carbocycles. The van der Waals surface area contributed by atoms with Gasteiger partial charge in [0.25, 0.3) is 5.89 Å². The molecule has 0 aliphatic heterocycles. The van der Waals surface area contributed by atoms with Gasteiger partial charge in [0.15, 0.2) is 0 Å². The van der Waals surface area contributed by atoms with Crippen molar-refractivity contribution in [1.82, 2.24) is 15.1 Å². The number of hydrogen-bond donors (Lipinski definition) is 1. The van der Waals surface area contributed by atoms with Crippen molar-refractivity contribution in [3.63, 3.8) is 0 Å². The van der Waals surface area contributed by atoms with E-state index in [1.165, 1.54) is 17.5 Å². The molecule has 4 rings (SSSR count). The molecule has 1 aromatic carbocycles. The zero-order valence-electron chi connectivity index (χ0n) is 14.1. The number of ether oxygens (including phenoxy) is 1. The topological polar surface area (TPSA) is 87.1 Å². The van der Waals surface area contributed by atoms with Crippen molar-refractivity contribution in [1.29, 1.82) is 0 Å². The summed E-state index contributed by atoms with van der Waals surface area (Å²) in [5.41, 5.74) is 10.4. The highest BCUT2D eigenvalue weighted by Crippen LogP contribution is 2.34. The van der Waals surface area contributed by atoms with Crippen LogP contribution in [0.5, 0.6) is 5.88 Å². The Morgan fingerprint density at radius 3 is 3.00 bits per heavy atom. The minimum atomic E-state index is 0.413. The van der Waals surface area contributed by atoms with Crippen molar-refractivity contribution in [2.75, 3.05) is 13.7 Å². The molecule has 2 aromatic heterocycles. The van der Waals surface area contributed by atoms with Crippen molar-refractivity contribution in [2.45, 2.75) is 25.2 Å². The highest BCUT2D eigenvalue weighted by atomic mass is 16.5. The van der Waals surface area contributed by atoms with Crippen LogP contribution in [-0.2, 0) is 6.42 Å². The first kappa shape index (κ1) is 15.8. The average molecular weight is 336 g/mol. The van der Waals surface area contributed by atoms with E-state index in [1.807, 2.05) is 12.1 Å². The summed E-state index contributed by atoms with van der Waals surface area (Å²) >= 11 is 0. The van der Waals surface area contributed by atoms with Crippen LogP contribution in [0.25, 0.3) is 22.8 Å². The molecule has 0 radical (unpaired) electrons. The summed E-state index contributed by atoms with van der Waals surface area (Å²) in [5.74, 6) is 1.96. The third-order valence-electron chi connectivity index (χ3n) is 4.74. The molecule has 1 atom stereocenters. The Bertz CT molecular complexity index is 891. The second-order valence-corrected chi connectivity index (χ2v) is 6.25. The van der Waals surface area contributed by atoms with Crippen molar-refractivity contribution in [3.05, 3.63) is 47.7 Å². The highest BCUT2D eigenvalue weighted by Gasteiger charge is 2.21. The molecule has 0 saturated heterocycles. The molecule has 0 fully saturated rings. The summed E-state index contributed by atoms with van der Waals surface area (Å²) in [7, 11) is 1.58. The summed E-state index contributed by atoms with van der Waals surface area (Å²) in [6.07, 6.45) is 5.11. The fraction of sp³-hybridized carbons (Fsp3) is 0.316. The number of hydrogen-bond acceptors (Lipinski definition) is 6. The van der Waals surface area contributed by atoms with Gasteiger partial charge in [0.1, 0.15) is 0 Å². The lowest BCUT2D eigenvalue weighted by atomic mass is 9.82. The number of fused-ring (bicyclic) bond motifs is 1. The summed E-state index contributed by atoms with van der Waals surface area (Å²) in [4.78, 5) is 8.63. The van der Waals surface area contributed by atoms with Crippen molar-refractivity contribution in [3.8, 4) is 28.7 Å². The van der Waals surface area contributed by atoms with E-state index in [4.69, 9.17) is 15.0 Å². The molecular formula is C19H20N4O2. The number of aryl methyl sites for hydroxylation is 1. The summed E-state index contributed by atoms with van der Waals surface area (Å²) in [5, 5.41) is 4.10. The molecule has 0 amide bonds. The van der Waals surface area contributed by atoms with Crippen LogP contribution >= 0.6 is 0 Å². The van der Waals surface area contributed by atoms with Crippen LogP contribution in [0, 0.1) is 0 Å². The van der Waals surface area contributed by atoms with Gasteiger partial charge in [0.05, 0.1) is 7.11 Å². The van der Waals surface area contributed by atoms with Gasteiger partial charge in [-0.3, -0.25) is 0 Å². The van der Waals surface area contributed by atoms with Gasteiger partial charge in [0, 0.05) is 23.4 Å². The molecule has 128 valence electrons. The van der Waals surface area contributed by atoms with E-state index in [9.17, 15) is 0 Å². The van der Waals surface area contributed by atoms with Crippen molar-refractivity contribution in [2.24, 2.45) is 5.73 Å². The predicted molar refractivity (Wildman–Crippen MR) is 94.3 cm³/mol. The molecule has 1 unspecified atom stereocenters. The van der Waals surface area contributed by atoms with Crippen LogP contribution in [0.2, 0.25) is 0 Å². The lowest BCUT2D eigenvalue weighted by Crippen LogP contribution is -2.18. The van der Waals surface area contributed by atoms with Crippen molar-refractivity contribution < 1.29 is 9.26 Å². The number of rotatable bonds is 4. The van der Waals surface area contributed by atoms with E-state index < -0.39 is 0 Å². The Labute approximate surface area is 146 Å². The van der Waals surface area contributed by atoms with Crippen LogP contribution in [0.3, 0.4) is 0 Å². The number of aromatic nitrogens is 3. The van der Waals surface area contributed by atoms with Gasteiger partial charge >= 0.3 is 0 Å². The molecule has 25 heavy (non-hydrogen) atoms. The second kappa shape index (κ2) is 6.64. The van der Waals surface area contributed by atoms with Gasteiger partial charge in [-0.1, -0.05) is 11.2 Å². The molecule has 1 aliphatic carbocycles.